The Kier molecular flexibility index (Phi) is 6.57. The summed E-state index contributed by atoms with van der Waals surface area (Å²) >= 11 is 0. The molecular formula is C18H35N3O2S. The van der Waals surface area contributed by atoms with E-state index in [0.29, 0.717) is 29.5 Å². The van der Waals surface area contributed by atoms with Gasteiger partial charge in [-0.2, -0.15) is 0 Å². The van der Waals surface area contributed by atoms with Crippen molar-refractivity contribution in [2.75, 3.05) is 31.1 Å². The van der Waals surface area contributed by atoms with Crippen molar-refractivity contribution in [1.29, 1.82) is 0 Å². The zero-order valence-electron chi connectivity index (χ0n) is 15.8. The van der Waals surface area contributed by atoms with E-state index in [9.17, 15) is 8.42 Å². The van der Waals surface area contributed by atoms with Crippen LogP contribution in [-0.2, 0) is 9.84 Å². The van der Waals surface area contributed by atoms with Gasteiger partial charge in [-0.1, -0.05) is 20.3 Å². The molecule has 24 heavy (non-hydrogen) atoms. The van der Waals surface area contributed by atoms with E-state index in [1.54, 1.807) is 0 Å². The van der Waals surface area contributed by atoms with E-state index >= 15 is 0 Å². The molecule has 2 saturated heterocycles. The summed E-state index contributed by atoms with van der Waals surface area (Å²) in [4.78, 5) is 7.22. The Morgan fingerprint density at radius 2 is 2.17 bits per heavy atom. The molecule has 2 unspecified atom stereocenters. The van der Waals surface area contributed by atoms with Gasteiger partial charge >= 0.3 is 0 Å². The molecule has 2 aliphatic heterocycles. The Morgan fingerprint density at radius 3 is 2.75 bits per heavy atom. The fraction of sp³-hybridized carbons (Fsp3) is 0.944. The van der Waals surface area contributed by atoms with Crippen LogP contribution < -0.4 is 5.32 Å². The van der Waals surface area contributed by atoms with Crippen LogP contribution in [0, 0.1) is 11.3 Å². The third-order valence-corrected chi connectivity index (χ3v) is 7.01. The third-order valence-electron chi connectivity index (χ3n) is 5.18. The number of rotatable bonds is 5. The van der Waals surface area contributed by atoms with Crippen molar-refractivity contribution < 1.29 is 8.42 Å². The van der Waals surface area contributed by atoms with Gasteiger partial charge in [-0.3, -0.25) is 4.99 Å². The molecule has 2 rings (SSSR count). The van der Waals surface area contributed by atoms with Gasteiger partial charge in [0.1, 0.15) is 0 Å². The summed E-state index contributed by atoms with van der Waals surface area (Å²) in [6, 6.07) is 0.329. The van der Waals surface area contributed by atoms with E-state index in [1.807, 2.05) is 0 Å². The lowest BCUT2D eigenvalue weighted by Crippen LogP contribution is -2.51. The first-order valence-corrected chi connectivity index (χ1v) is 11.3. The molecule has 5 nitrogen and oxygen atoms in total. The van der Waals surface area contributed by atoms with Crippen LogP contribution in [-0.4, -0.2) is 56.5 Å². The maximum atomic E-state index is 11.6. The molecule has 2 atom stereocenters. The van der Waals surface area contributed by atoms with Crippen LogP contribution in [0.25, 0.3) is 0 Å². The average molecular weight is 358 g/mol. The monoisotopic (exact) mass is 357 g/mol. The maximum Gasteiger partial charge on any atom is 0.194 e. The molecule has 2 fully saturated rings. The molecule has 0 radical (unpaired) electrons. The minimum atomic E-state index is -2.82. The Balaban J connectivity index is 2.05. The summed E-state index contributed by atoms with van der Waals surface area (Å²) in [6.45, 7) is 11.6. The van der Waals surface area contributed by atoms with Crippen molar-refractivity contribution in [3.8, 4) is 0 Å². The molecule has 0 saturated carbocycles. The normalized spacial score (nSPS) is 30.8. The topological polar surface area (TPSA) is 61.8 Å². The largest absolute Gasteiger partial charge is 0.354 e. The number of aliphatic imine (C=N–C) groups is 1. The molecule has 140 valence electrons. The van der Waals surface area contributed by atoms with E-state index in [2.05, 4.69) is 37.9 Å². The quantitative estimate of drug-likeness (QED) is 0.607. The molecule has 0 aromatic heterocycles. The van der Waals surface area contributed by atoms with E-state index in [4.69, 9.17) is 4.99 Å². The van der Waals surface area contributed by atoms with Gasteiger partial charge in [-0.15, -0.1) is 0 Å². The molecule has 0 aromatic carbocycles. The van der Waals surface area contributed by atoms with Crippen LogP contribution in [0.5, 0.6) is 0 Å². The van der Waals surface area contributed by atoms with Crippen LogP contribution in [0.2, 0.25) is 0 Å². The van der Waals surface area contributed by atoms with Gasteiger partial charge in [-0.25, -0.2) is 8.42 Å². The number of likely N-dealkylation sites (tertiary alicyclic amines) is 1. The van der Waals surface area contributed by atoms with Gasteiger partial charge in [-0.05, 0) is 50.9 Å². The van der Waals surface area contributed by atoms with Crippen molar-refractivity contribution in [2.45, 2.75) is 65.8 Å². The zero-order valence-corrected chi connectivity index (χ0v) is 16.7. The van der Waals surface area contributed by atoms with Crippen molar-refractivity contribution >= 4 is 15.8 Å². The van der Waals surface area contributed by atoms with E-state index in [-0.39, 0.29) is 5.92 Å². The summed E-state index contributed by atoms with van der Waals surface area (Å²) in [5.74, 6) is 1.79. The second kappa shape index (κ2) is 8.07. The zero-order chi connectivity index (χ0) is 17.8. The molecule has 6 heteroatoms. The Bertz CT molecular complexity index is 540. The number of hydrogen-bond acceptors (Lipinski definition) is 3. The first-order chi connectivity index (χ1) is 11.2. The van der Waals surface area contributed by atoms with Crippen LogP contribution in [0.3, 0.4) is 0 Å². The summed E-state index contributed by atoms with van der Waals surface area (Å²) < 4.78 is 23.3. The smallest absolute Gasteiger partial charge is 0.194 e. The van der Waals surface area contributed by atoms with Crippen LogP contribution in [0.15, 0.2) is 4.99 Å². The molecular weight excluding hydrogens is 322 g/mol. The number of hydrogen-bond donors (Lipinski definition) is 1. The standard InChI is InChI=1S/C18H35N3O2S/c1-5-8-18(4)9-6-10-21(14-18)17(20-15(2)3)19-12-16-7-11-24(22,23)13-16/h15-16H,5-14H2,1-4H3,(H,19,20). The van der Waals surface area contributed by atoms with Gasteiger partial charge in [0.25, 0.3) is 0 Å². The van der Waals surface area contributed by atoms with Crippen molar-refractivity contribution in [1.82, 2.24) is 10.2 Å². The molecule has 2 aliphatic rings. The van der Waals surface area contributed by atoms with Crippen LogP contribution in [0.1, 0.15) is 59.8 Å². The highest BCUT2D eigenvalue weighted by atomic mass is 32.2. The molecule has 0 aliphatic carbocycles. The van der Waals surface area contributed by atoms with E-state index in [0.717, 1.165) is 25.5 Å². The summed E-state index contributed by atoms with van der Waals surface area (Å²) in [7, 11) is -2.82. The first kappa shape index (κ1) is 19.5. The predicted molar refractivity (Wildman–Crippen MR) is 101 cm³/mol. The highest BCUT2D eigenvalue weighted by Gasteiger charge is 2.32. The number of nitrogens with one attached hydrogen (secondary N) is 1. The fourth-order valence-corrected chi connectivity index (χ4v) is 5.88. The Labute approximate surface area is 148 Å². The highest BCUT2D eigenvalue weighted by molar-refractivity contribution is 7.91. The predicted octanol–water partition coefficient (Wildman–Crippen LogP) is 2.68. The average Bonchev–Trinajstić information content (AvgIpc) is 2.82. The molecule has 0 bridgehead atoms. The van der Waals surface area contributed by atoms with Gasteiger partial charge < -0.3 is 10.2 Å². The maximum absolute atomic E-state index is 11.6. The Morgan fingerprint density at radius 1 is 1.42 bits per heavy atom. The first-order valence-electron chi connectivity index (χ1n) is 9.49. The number of nitrogens with zero attached hydrogens (tertiary/aromatic N) is 2. The lowest BCUT2D eigenvalue weighted by Gasteiger charge is -2.42. The van der Waals surface area contributed by atoms with E-state index < -0.39 is 9.84 Å². The Hall–Kier alpha value is -0.780. The van der Waals surface area contributed by atoms with Crippen molar-refractivity contribution in [2.24, 2.45) is 16.3 Å². The molecule has 0 aromatic rings. The van der Waals surface area contributed by atoms with Gasteiger partial charge in [0.15, 0.2) is 15.8 Å². The molecule has 0 amide bonds. The minimum absolute atomic E-state index is 0.186. The minimum Gasteiger partial charge on any atom is -0.354 e. The van der Waals surface area contributed by atoms with Crippen LogP contribution in [0.4, 0.5) is 0 Å². The second-order valence-electron chi connectivity index (χ2n) is 8.32. The van der Waals surface area contributed by atoms with Crippen LogP contribution >= 0.6 is 0 Å². The van der Waals surface area contributed by atoms with Gasteiger partial charge in [0.2, 0.25) is 0 Å². The SMILES string of the molecule is CCCC1(C)CCCN(C(=NCC2CCS(=O)(=O)C2)NC(C)C)C1. The lowest BCUT2D eigenvalue weighted by molar-refractivity contribution is 0.142. The fourth-order valence-electron chi connectivity index (χ4n) is 4.03. The summed E-state index contributed by atoms with van der Waals surface area (Å²) in [5, 5.41) is 3.50. The summed E-state index contributed by atoms with van der Waals surface area (Å²) in [5.41, 5.74) is 0.364. The van der Waals surface area contributed by atoms with Crippen molar-refractivity contribution in [3.63, 3.8) is 0 Å². The van der Waals surface area contributed by atoms with Crippen molar-refractivity contribution in [3.05, 3.63) is 0 Å². The molecule has 0 spiro atoms. The van der Waals surface area contributed by atoms with E-state index in [1.165, 1.54) is 25.7 Å². The second-order valence-corrected chi connectivity index (χ2v) is 10.5. The van der Waals surface area contributed by atoms with Gasteiger partial charge in [0.05, 0.1) is 11.5 Å². The lowest BCUT2D eigenvalue weighted by atomic mass is 9.78. The molecule has 2 heterocycles. The number of piperidine rings is 1. The summed E-state index contributed by atoms with van der Waals surface area (Å²) in [6.07, 6.45) is 5.71. The number of sulfone groups is 1. The van der Waals surface area contributed by atoms with Gasteiger partial charge in [0, 0.05) is 25.7 Å². The number of guanidine groups is 1. The molecule has 1 N–H and O–H groups in total. The highest BCUT2D eigenvalue weighted by Crippen LogP contribution is 2.34. The third kappa shape index (κ3) is 5.64.